The highest BCUT2D eigenvalue weighted by molar-refractivity contribution is 5.80. The fourth-order valence-corrected chi connectivity index (χ4v) is 1.03. The highest BCUT2D eigenvalue weighted by Crippen LogP contribution is 2.01. The number of hydrogen-bond donors (Lipinski definition) is 2. The number of likely N-dealkylation sites (N-methyl/N-ethyl adjacent to an activating group) is 1. The van der Waals surface area contributed by atoms with Crippen LogP contribution in [0.1, 0.15) is 0 Å². The van der Waals surface area contributed by atoms with Crippen molar-refractivity contribution < 1.29 is 9.53 Å². The molecule has 1 aliphatic rings. The fraction of sp³-hybridized carbons (Fsp3) is 0.833. The van der Waals surface area contributed by atoms with Gasteiger partial charge < -0.3 is 9.64 Å². The number of morpholine rings is 1. The maximum absolute atomic E-state index is 10.9. The van der Waals surface area contributed by atoms with Crippen molar-refractivity contribution in [2.24, 2.45) is 5.84 Å². The molecule has 5 nitrogen and oxygen atoms in total. The van der Waals surface area contributed by atoms with Crippen molar-refractivity contribution in [3.63, 3.8) is 0 Å². The molecule has 1 saturated heterocycles. The maximum Gasteiger partial charge on any atom is 0.264 e. The molecule has 1 rings (SSSR count). The van der Waals surface area contributed by atoms with Gasteiger partial charge >= 0.3 is 0 Å². The van der Waals surface area contributed by atoms with Crippen LogP contribution in [0.4, 0.5) is 0 Å². The molecule has 11 heavy (non-hydrogen) atoms. The lowest BCUT2D eigenvalue weighted by atomic mass is 10.3. The summed E-state index contributed by atoms with van der Waals surface area (Å²) in [7, 11) is 1.94. The maximum atomic E-state index is 10.9. The van der Waals surface area contributed by atoms with Gasteiger partial charge in [0.1, 0.15) is 6.10 Å². The molecule has 0 aromatic rings. The Morgan fingerprint density at radius 3 is 3.09 bits per heavy atom. The Bertz CT molecular complexity index is 151. The third kappa shape index (κ3) is 2.14. The van der Waals surface area contributed by atoms with Gasteiger partial charge in [-0.05, 0) is 7.05 Å². The molecule has 5 heteroatoms. The Morgan fingerprint density at radius 2 is 2.55 bits per heavy atom. The largest absolute Gasteiger partial charge is 0.366 e. The number of nitrogens with zero attached hydrogens (tertiary/aromatic N) is 1. The molecule has 1 atom stereocenters. The molecular weight excluding hydrogens is 146 g/mol. The van der Waals surface area contributed by atoms with Crippen molar-refractivity contribution in [1.29, 1.82) is 0 Å². The summed E-state index contributed by atoms with van der Waals surface area (Å²) in [5, 5.41) is 0. The summed E-state index contributed by atoms with van der Waals surface area (Å²) in [5.74, 6) is 4.70. The zero-order valence-corrected chi connectivity index (χ0v) is 6.54. The summed E-state index contributed by atoms with van der Waals surface area (Å²) in [6.45, 7) is 2.08. The predicted octanol–water partition coefficient (Wildman–Crippen LogP) is -1.69. The molecule has 0 aromatic carbocycles. The summed E-state index contributed by atoms with van der Waals surface area (Å²) in [4.78, 5) is 13.0. The first-order valence-electron chi connectivity index (χ1n) is 3.54. The second-order valence-electron chi connectivity index (χ2n) is 2.63. The molecular formula is C6H13N3O2. The number of carbonyl (C=O) groups excluding carboxylic acids is 1. The lowest BCUT2D eigenvalue weighted by Gasteiger charge is -2.28. The first kappa shape index (κ1) is 8.45. The van der Waals surface area contributed by atoms with E-state index >= 15 is 0 Å². The second-order valence-corrected chi connectivity index (χ2v) is 2.63. The van der Waals surface area contributed by atoms with Crippen molar-refractivity contribution in [2.75, 3.05) is 26.7 Å². The van der Waals surface area contributed by atoms with Crippen LogP contribution in [0.15, 0.2) is 0 Å². The second kappa shape index (κ2) is 3.66. The number of nitrogens with one attached hydrogen (secondary N) is 1. The molecule has 0 spiro atoms. The summed E-state index contributed by atoms with van der Waals surface area (Å²) in [5.41, 5.74) is 2.06. The standard InChI is InChI=1S/C6H13N3O2/c1-9-2-3-11-5(4-9)6(10)8-7/h5H,2-4,7H2,1H3,(H,8,10). The van der Waals surface area contributed by atoms with E-state index in [9.17, 15) is 4.79 Å². The Labute approximate surface area is 65.5 Å². The molecule has 1 fully saturated rings. The summed E-state index contributed by atoms with van der Waals surface area (Å²) < 4.78 is 5.17. The lowest BCUT2D eigenvalue weighted by molar-refractivity contribution is -0.137. The average Bonchev–Trinajstić information content (AvgIpc) is 2.03. The van der Waals surface area contributed by atoms with Gasteiger partial charge in [-0.2, -0.15) is 0 Å². The minimum Gasteiger partial charge on any atom is -0.366 e. The Kier molecular flexibility index (Phi) is 2.81. The molecule has 0 aromatic heterocycles. The number of hydrazine groups is 1. The highest BCUT2D eigenvalue weighted by atomic mass is 16.5. The first-order chi connectivity index (χ1) is 5.24. The monoisotopic (exact) mass is 159 g/mol. The molecule has 0 saturated carbocycles. The van der Waals surface area contributed by atoms with Crippen molar-refractivity contribution in [3.05, 3.63) is 0 Å². The van der Waals surface area contributed by atoms with Gasteiger partial charge in [0, 0.05) is 13.1 Å². The first-order valence-corrected chi connectivity index (χ1v) is 3.54. The molecule has 0 aliphatic carbocycles. The van der Waals surface area contributed by atoms with Gasteiger partial charge in [-0.1, -0.05) is 0 Å². The van der Waals surface area contributed by atoms with Crippen molar-refractivity contribution in [1.82, 2.24) is 10.3 Å². The van der Waals surface area contributed by atoms with E-state index in [4.69, 9.17) is 10.6 Å². The third-order valence-electron chi connectivity index (χ3n) is 1.70. The van der Waals surface area contributed by atoms with Gasteiger partial charge in [-0.15, -0.1) is 0 Å². The number of rotatable bonds is 1. The van der Waals surface area contributed by atoms with Crippen molar-refractivity contribution >= 4 is 5.91 Å². The smallest absolute Gasteiger partial charge is 0.264 e. The van der Waals surface area contributed by atoms with Crippen LogP contribution in [0, 0.1) is 0 Å². The van der Waals surface area contributed by atoms with Crippen molar-refractivity contribution in [2.45, 2.75) is 6.10 Å². The van der Waals surface area contributed by atoms with Gasteiger partial charge in [0.15, 0.2) is 0 Å². The molecule has 0 bridgehead atoms. The molecule has 1 unspecified atom stereocenters. The number of hydrogen-bond acceptors (Lipinski definition) is 4. The van der Waals surface area contributed by atoms with Gasteiger partial charge in [0.25, 0.3) is 5.91 Å². The Balaban J connectivity index is 2.39. The van der Waals surface area contributed by atoms with E-state index in [0.717, 1.165) is 6.54 Å². The van der Waals surface area contributed by atoms with Crippen LogP contribution in [-0.4, -0.2) is 43.7 Å². The molecule has 1 aliphatic heterocycles. The SMILES string of the molecule is CN1CCOC(C(=O)NN)C1. The van der Waals surface area contributed by atoms with Gasteiger partial charge in [0.05, 0.1) is 6.61 Å². The van der Waals surface area contributed by atoms with E-state index in [0.29, 0.717) is 13.2 Å². The molecule has 3 N–H and O–H groups in total. The quantitative estimate of drug-likeness (QED) is 0.272. The van der Waals surface area contributed by atoms with Crippen LogP contribution in [-0.2, 0) is 9.53 Å². The van der Waals surface area contributed by atoms with Gasteiger partial charge in [-0.25, -0.2) is 5.84 Å². The Morgan fingerprint density at radius 1 is 1.82 bits per heavy atom. The lowest BCUT2D eigenvalue weighted by Crippen LogP contribution is -2.50. The van der Waals surface area contributed by atoms with Crippen LogP contribution in [0.2, 0.25) is 0 Å². The summed E-state index contributed by atoms with van der Waals surface area (Å²) in [6, 6.07) is 0. The van der Waals surface area contributed by atoms with Crippen LogP contribution in [0.25, 0.3) is 0 Å². The van der Waals surface area contributed by atoms with Crippen molar-refractivity contribution in [3.8, 4) is 0 Å². The van der Waals surface area contributed by atoms with Gasteiger partial charge in [-0.3, -0.25) is 10.2 Å². The van der Waals surface area contributed by atoms with E-state index in [1.807, 2.05) is 11.9 Å². The number of carbonyl (C=O) groups is 1. The van der Waals surface area contributed by atoms with Crippen LogP contribution in [0.3, 0.4) is 0 Å². The van der Waals surface area contributed by atoms with Crippen LogP contribution in [0.5, 0.6) is 0 Å². The van der Waals surface area contributed by atoms with E-state index in [-0.39, 0.29) is 5.91 Å². The molecule has 64 valence electrons. The average molecular weight is 159 g/mol. The number of amides is 1. The molecule has 1 amide bonds. The minimum atomic E-state index is -0.404. The zero-order valence-electron chi connectivity index (χ0n) is 6.54. The summed E-state index contributed by atoms with van der Waals surface area (Å²) >= 11 is 0. The van der Waals surface area contributed by atoms with Crippen LogP contribution < -0.4 is 11.3 Å². The third-order valence-corrected chi connectivity index (χ3v) is 1.70. The fourth-order valence-electron chi connectivity index (χ4n) is 1.03. The summed E-state index contributed by atoms with van der Waals surface area (Å²) in [6.07, 6.45) is -0.404. The highest BCUT2D eigenvalue weighted by Gasteiger charge is 2.23. The van der Waals surface area contributed by atoms with Crippen LogP contribution >= 0.6 is 0 Å². The molecule has 0 radical (unpaired) electrons. The van der Waals surface area contributed by atoms with E-state index in [2.05, 4.69) is 5.43 Å². The van der Waals surface area contributed by atoms with E-state index < -0.39 is 6.10 Å². The Hall–Kier alpha value is -0.650. The molecule has 1 heterocycles. The van der Waals surface area contributed by atoms with E-state index in [1.165, 1.54) is 0 Å². The number of nitrogens with two attached hydrogens (primary N) is 1. The van der Waals surface area contributed by atoms with E-state index in [1.54, 1.807) is 0 Å². The topological polar surface area (TPSA) is 67.6 Å². The predicted molar refractivity (Wildman–Crippen MR) is 39.6 cm³/mol. The minimum absolute atomic E-state index is 0.253. The zero-order chi connectivity index (χ0) is 8.27. The van der Waals surface area contributed by atoms with Gasteiger partial charge in [0.2, 0.25) is 0 Å². The normalized spacial score (nSPS) is 26.5. The number of ether oxygens (including phenoxy) is 1.